The highest BCUT2D eigenvalue weighted by atomic mass is 32.1. The molecule has 0 saturated carbocycles. The van der Waals surface area contributed by atoms with Crippen LogP contribution in [0.3, 0.4) is 0 Å². The van der Waals surface area contributed by atoms with Crippen LogP contribution >= 0.6 is 11.3 Å². The summed E-state index contributed by atoms with van der Waals surface area (Å²) in [7, 11) is -3.03. The van der Waals surface area contributed by atoms with E-state index < -0.39 is 26.4 Å². The van der Waals surface area contributed by atoms with E-state index in [-0.39, 0.29) is 48.0 Å². The summed E-state index contributed by atoms with van der Waals surface area (Å²) in [6.07, 6.45) is 3.49. The van der Waals surface area contributed by atoms with Crippen molar-refractivity contribution >= 4 is 47.7 Å². The van der Waals surface area contributed by atoms with Crippen LogP contribution in [-0.2, 0) is 14.0 Å². The molecule has 352 valence electrons. The number of aromatic nitrogens is 2. The number of carbonyl (C=O) groups is 2. The molecule has 5 heterocycles. The second-order valence-corrected chi connectivity index (χ2v) is 25.7. The fraction of sp³-hybridized carbons (Fsp3) is 0.509. The van der Waals surface area contributed by atoms with Crippen molar-refractivity contribution in [1.29, 1.82) is 0 Å². The minimum absolute atomic E-state index is 0.123. The average Bonchev–Trinajstić information content (AvgIpc) is 4.07. The maximum atomic E-state index is 15.3. The Hall–Kier alpha value is -4.66. The zero-order valence-electron chi connectivity index (χ0n) is 40.2. The van der Waals surface area contributed by atoms with E-state index in [1.807, 2.05) is 51.4 Å². The van der Waals surface area contributed by atoms with Gasteiger partial charge in [0.15, 0.2) is 11.6 Å². The lowest BCUT2D eigenvalue weighted by atomic mass is 9.83. The molecule has 3 aliphatic rings. The molecule has 2 aromatic heterocycles. The van der Waals surface area contributed by atoms with Crippen LogP contribution in [0.15, 0.2) is 101 Å². The number of nitrogens with zero attached hydrogens (tertiary/aromatic N) is 5. The largest absolute Gasteiger partial charge is 0.403 e. The van der Waals surface area contributed by atoms with E-state index in [0.717, 1.165) is 64.1 Å². The zero-order chi connectivity index (χ0) is 46.8. The first-order valence-electron chi connectivity index (χ1n) is 24.1. The van der Waals surface area contributed by atoms with Crippen LogP contribution in [0.5, 0.6) is 0 Å². The maximum Gasteiger partial charge on any atom is 0.261 e. The lowest BCUT2D eigenvalue weighted by molar-refractivity contribution is -0.141. The predicted octanol–water partition coefficient (Wildman–Crippen LogP) is 8.19. The maximum absolute atomic E-state index is 15.3. The van der Waals surface area contributed by atoms with Crippen molar-refractivity contribution in [3.8, 4) is 10.4 Å². The Morgan fingerprint density at radius 1 is 0.909 bits per heavy atom. The van der Waals surface area contributed by atoms with Gasteiger partial charge in [0.05, 0.1) is 34.8 Å². The Bertz CT molecular complexity index is 2330. The van der Waals surface area contributed by atoms with Gasteiger partial charge in [0.25, 0.3) is 8.32 Å². The van der Waals surface area contributed by atoms with Crippen molar-refractivity contribution in [1.82, 2.24) is 25.3 Å². The van der Waals surface area contributed by atoms with Gasteiger partial charge in [-0.1, -0.05) is 125 Å². The number of aliphatic hydroxyl groups excluding tert-OH is 1. The third-order valence-electron chi connectivity index (χ3n) is 14.6. The molecule has 5 atom stereocenters. The van der Waals surface area contributed by atoms with Crippen molar-refractivity contribution in [3.63, 3.8) is 0 Å². The van der Waals surface area contributed by atoms with Crippen molar-refractivity contribution in [2.45, 2.75) is 116 Å². The van der Waals surface area contributed by atoms with Gasteiger partial charge in [0, 0.05) is 38.2 Å². The van der Waals surface area contributed by atoms with Gasteiger partial charge in [-0.05, 0) is 97.4 Å². The quantitative estimate of drug-likeness (QED) is 0.0944. The van der Waals surface area contributed by atoms with Crippen LogP contribution in [-0.4, -0.2) is 103 Å². The molecular weight excluding hydrogens is 861 g/mol. The normalized spacial score (nSPS) is 20.3. The first kappa shape index (κ1) is 47.8. The molecule has 5 aromatic rings. The van der Waals surface area contributed by atoms with Crippen LogP contribution in [0.2, 0.25) is 5.04 Å². The topological polar surface area (TPSA) is 124 Å². The standard InChI is InChI=1S/C53H70N6O5SSi/c1-35(2)49(47-29-48(56-63-47)58-30-40(31-58)27-39-23-25-57(26-24-39)36(3)33-60)52(62)59-32-43(64-66(53(6,7)8,44-15-11-9-12-16-44)45-17-13-10-14-18-45)28-46(59)51(61)55-37(4)41-19-21-42(22-20-41)50-38(5)54-34-65-50/h9-22,29,34-37,39-40,43,46,49,60H,23-28,30-33H2,1-8H3,(H,55,61)/t36-,37-,43+,46-,49?/m0/s1. The molecule has 3 aliphatic heterocycles. The average molecular weight is 931 g/mol. The molecule has 2 N–H and O–H groups in total. The minimum Gasteiger partial charge on any atom is -0.403 e. The van der Waals surface area contributed by atoms with Gasteiger partial charge in [-0.15, -0.1) is 11.3 Å². The van der Waals surface area contributed by atoms with Crippen molar-refractivity contribution in [2.24, 2.45) is 17.8 Å². The number of likely N-dealkylation sites (tertiary alicyclic amines) is 2. The predicted molar refractivity (Wildman–Crippen MR) is 267 cm³/mol. The molecule has 2 amide bonds. The molecule has 3 fully saturated rings. The molecule has 3 saturated heterocycles. The molecule has 0 radical (unpaired) electrons. The number of benzene rings is 3. The molecule has 0 spiro atoms. The van der Waals surface area contributed by atoms with Crippen LogP contribution in [0.4, 0.5) is 5.82 Å². The zero-order valence-corrected chi connectivity index (χ0v) is 42.0. The summed E-state index contributed by atoms with van der Waals surface area (Å²) >= 11 is 1.62. The van der Waals surface area contributed by atoms with Gasteiger partial charge < -0.3 is 29.2 Å². The van der Waals surface area contributed by atoms with E-state index >= 15 is 4.79 Å². The van der Waals surface area contributed by atoms with Gasteiger partial charge in [0.1, 0.15) is 12.0 Å². The first-order valence-corrected chi connectivity index (χ1v) is 26.9. The summed E-state index contributed by atoms with van der Waals surface area (Å²) < 4.78 is 13.7. The van der Waals surface area contributed by atoms with E-state index in [1.165, 1.54) is 19.3 Å². The number of anilines is 1. The summed E-state index contributed by atoms with van der Waals surface area (Å²) in [5, 5.41) is 19.5. The molecule has 11 nitrogen and oxygen atoms in total. The number of aliphatic hydroxyl groups is 1. The van der Waals surface area contributed by atoms with E-state index in [9.17, 15) is 9.90 Å². The number of hydrogen-bond acceptors (Lipinski definition) is 10. The summed E-state index contributed by atoms with van der Waals surface area (Å²) in [6.45, 7) is 21.4. The number of hydrogen-bond donors (Lipinski definition) is 2. The molecule has 3 aromatic carbocycles. The number of amides is 2. The van der Waals surface area contributed by atoms with E-state index in [2.05, 4.69) is 126 Å². The number of rotatable bonds is 16. The lowest BCUT2D eigenvalue weighted by Gasteiger charge is -2.44. The second-order valence-electron chi connectivity index (χ2n) is 20.6. The molecule has 8 rings (SSSR count). The fourth-order valence-corrected chi connectivity index (χ4v) is 16.3. The Balaban J connectivity index is 1.03. The highest BCUT2D eigenvalue weighted by Crippen LogP contribution is 2.41. The summed E-state index contributed by atoms with van der Waals surface area (Å²) in [5.41, 5.74) is 4.93. The Kier molecular flexibility index (Phi) is 14.7. The first-order chi connectivity index (χ1) is 31.7. The molecular formula is C53H70N6O5SSi. The number of nitrogens with one attached hydrogen (secondary N) is 1. The van der Waals surface area contributed by atoms with E-state index in [0.29, 0.717) is 24.0 Å². The van der Waals surface area contributed by atoms with Crippen LogP contribution in [0.25, 0.3) is 10.4 Å². The Morgan fingerprint density at radius 3 is 2.11 bits per heavy atom. The third-order valence-corrected chi connectivity index (χ3v) is 20.7. The summed E-state index contributed by atoms with van der Waals surface area (Å²) in [6, 6.07) is 30.5. The second kappa shape index (κ2) is 20.3. The summed E-state index contributed by atoms with van der Waals surface area (Å²) in [5.74, 6) is 1.47. The van der Waals surface area contributed by atoms with Gasteiger partial charge in [-0.3, -0.25) is 14.5 Å². The van der Waals surface area contributed by atoms with Crippen LogP contribution in [0.1, 0.15) is 103 Å². The Morgan fingerprint density at radius 2 is 1.55 bits per heavy atom. The molecule has 0 aliphatic carbocycles. The SMILES string of the molecule is Cc1ncsc1-c1ccc([C@H](C)NC(=O)[C@@H]2C[C@@H](O[Si](c3ccccc3)(c3ccccc3)C(C)(C)C)CN2C(=O)C(c2cc(N3CC(CC4CCN([C@@H](C)CO)CC4)C3)no2)C(C)C)cc1. The summed E-state index contributed by atoms with van der Waals surface area (Å²) in [4.78, 5) is 42.1. The third kappa shape index (κ3) is 9.97. The number of thiazole rings is 1. The highest BCUT2D eigenvalue weighted by Gasteiger charge is 2.54. The van der Waals surface area contributed by atoms with Gasteiger partial charge >= 0.3 is 0 Å². The fourth-order valence-electron chi connectivity index (χ4n) is 10.8. The number of piperidine rings is 1. The van der Waals surface area contributed by atoms with E-state index in [4.69, 9.17) is 8.95 Å². The van der Waals surface area contributed by atoms with Crippen LogP contribution in [0, 0.1) is 24.7 Å². The smallest absolute Gasteiger partial charge is 0.261 e. The molecule has 13 heteroatoms. The molecule has 1 unspecified atom stereocenters. The lowest BCUT2D eigenvalue weighted by Crippen LogP contribution is -2.67. The van der Waals surface area contributed by atoms with Crippen molar-refractivity contribution in [3.05, 3.63) is 114 Å². The molecule has 0 bridgehead atoms. The molecule has 66 heavy (non-hydrogen) atoms. The van der Waals surface area contributed by atoms with Crippen molar-refractivity contribution in [2.75, 3.05) is 44.2 Å². The van der Waals surface area contributed by atoms with E-state index in [1.54, 1.807) is 16.2 Å². The van der Waals surface area contributed by atoms with Crippen LogP contribution < -0.4 is 20.6 Å². The van der Waals surface area contributed by atoms with Gasteiger partial charge in [-0.25, -0.2) is 4.98 Å². The minimum atomic E-state index is -3.03. The monoisotopic (exact) mass is 930 g/mol. The van der Waals surface area contributed by atoms with Gasteiger partial charge in [-0.2, -0.15) is 0 Å². The Labute approximate surface area is 397 Å². The number of carbonyl (C=O) groups excluding carboxylic acids is 2. The highest BCUT2D eigenvalue weighted by molar-refractivity contribution is 7.13. The van der Waals surface area contributed by atoms with Gasteiger partial charge in [0.2, 0.25) is 11.8 Å². The van der Waals surface area contributed by atoms with Crippen molar-refractivity contribution < 1.29 is 23.6 Å². The number of aryl methyl sites for hydroxylation is 1.